The summed E-state index contributed by atoms with van der Waals surface area (Å²) in [5, 5.41) is 4.27. The summed E-state index contributed by atoms with van der Waals surface area (Å²) >= 11 is 0. The molecule has 138 valence electrons. The lowest BCUT2D eigenvalue weighted by Gasteiger charge is -2.49. The van der Waals surface area contributed by atoms with Crippen LogP contribution in [0.1, 0.15) is 30.3 Å². The van der Waals surface area contributed by atoms with Crippen molar-refractivity contribution in [3.63, 3.8) is 0 Å². The smallest absolute Gasteiger partial charge is 0.287 e. The van der Waals surface area contributed by atoms with Crippen LogP contribution >= 0.6 is 0 Å². The summed E-state index contributed by atoms with van der Waals surface area (Å²) in [6.07, 6.45) is 4.13. The molecule has 0 saturated carbocycles. The number of hydrogen-bond acceptors (Lipinski definition) is 4. The second kappa shape index (κ2) is 6.50. The summed E-state index contributed by atoms with van der Waals surface area (Å²) in [5.41, 5.74) is 1.83. The largest absolute Gasteiger partial charge is 0.451 e. The summed E-state index contributed by atoms with van der Waals surface area (Å²) in [5.74, 6) is 1.48. The number of pyridine rings is 1. The Morgan fingerprint density at radius 1 is 1.19 bits per heavy atom. The highest BCUT2D eigenvalue weighted by molar-refractivity contribution is 5.92. The fourth-order valence-corrected chi connectivity index (χ4v) is 4.59. The van der Waals surface area contributed by atoms with Gasteiger partial charge in [0.2, 0.25) is 0 Å². The molecular formula is C22H23N3O2. The number of aromatic nitrogens is 1. The number of fused-ring (bicyclic) bond motifs is 4. The van der Waals surface area contributed by atoms with Gasteiger partial charge in [-0.3, -0.25) is 14.7 Å². The first kappa shape index (κ1) is 16.5. The van der Waals surface area contributed by atoms with Crippen molar-refractivity contribution in [2.45, 2.75) is 31.8 Å². The third kappa shape index (κ3) is 2.92. The highest BCUT2D eigenvalue weighted by Crippen LogP contribution is 2.32. The molecule has 1 amide bonds. The van der Waals surface area contributed by atoms with E-state index in [4.69, 9.17) is 4.42 Å². The minimum atomic E-state index is -0.124. The van der Waals surface area contributed by atoms with Crippen LogP contribution in [-0.2, 0) is 0 Å². The van der Waals surface area contributed by atoms with Crippen molar-refractivity contribution in [1.29, 1.82) is 0 Å². The van der Waals surface area contributed by atoms with Crippen molar-refractivity contribution in [1.82, 2.24) is 15.2 Å². The molecule has 2 aromatic heterocycles. The molecule has 2 bridgehead atoms. The second-order valence-corrected chi connectivity index (χ2v) is 7.69. The van der Waals surface area contributed by atoms with Crippen LogP contribution in [0.25, 0.3) is 22.2 Å². The maximum Gasteiger partial charge on any atom is 0.287 e. The van der Waals surface area contributed by atoms with Gasteiger partial charge in [-0.2, -0.15) is 0 Å². The molecule has 0 spiro atoms. The fourth-order valence-electron chi connectivity index (χ4n) is 4.59. The monoisotopic (exact) mass is 361 g/mol. The van der Waals surface area contributed by atoms with Gasteiger partial charge in [0, 0.05) is 29.2 Å². The van der Waals surface area contributed by atoms with Gasteiger partial charge in [0.25, 0.3) is 5.91 Å². The molecule has 5 nitrogen and oxygen atoms in total. The first-order valence-corrected chi connectivity index (χ1v) is 9.69. The number of para-hydroxylation sites is 1. The van der Waals surface area contributed by atoms with Gasteiger partial charge in [-0.05, 0) is 63.0 Å². The summed E-state index contributed by atoms with van der Waals surface area (Å²) in [6.45, 7) is 4.51. The van der Waals surface area contributed by atoms with Crippen LogP contribution in [0.15, 0.2) is 53.1 Å². The van der Waals surface area contributed by atoms with E-state index in [0.717, 1.165) is 29.6 Å². The van der Waals surface area contributed by atoms with Crippen LogP contribution < -0.4 is 5.32 Å². The third-order valence-corrected chi connectivity index (χ3v) is 6.18. The Balaban J connectivity index is 1.36. The zero-order valence-electron chi connectivity index (χ0n) is 15.4. The second-order valence-electron chi connectivity index (χ2n) is 7.69. The topological polar surface area (TPSA) is 58.4 Å². The molecule has 1 aromatic carbocycles. The molecule has 3 aliphatic heterocycles. The van der Waals surface area contributed by atoms with E-state index in [1.54, 1.807) is 12.3 Å². The Bertz CT molecular complexity index is 986. The Labute approximate surface area is 158 Å². The number of amides is 1. The van der Waals surface area contributed by atoms with E-state index in [0.29, 0.717) is 23.5 Å². The van der Waals surface area contributed by atoms with Crippen LogP contribution in [-0.4, -0.2) is 41.0 Å². The number of carbonyl (C=O) groups is 1. The van der Waals surface area contributed by atoms with E-state index < -0.39 is 0 Å². The average Bonchev–Trinajstić information content (AvgIpc) is 3.21. The molecule has 5 heteroatoms. The van der Waals surface area contributed by atoms with Crippen molar-refractivity contribution in [2.24, 2.45) is 5.92 Å². The molecule has 5 heterocycles. The number of piperidine rings is 3. The molecule has 6 rings (SSSR count). The van der Waals surface area contributed by atoms with Gasteiger partial charge >= 0.3 is 0 Å². The summed E-state index contributed by atoms with van der Waals surface area (Å²) in [7, 11) is 0. The van der Waals surface area contributed by atoms with E-state index >= 15 is 0 Å². The highest BCUT2D eigenvalue weighted by Gasteiger charge is 2.40. The first-order chi connectivity index (χ1) is 13.2. The lowest BCUT2D eigenvalue weighted by Crippen LogP contribution is -2.62. The molecule has 0 radical (unpaired) electrons. The quantitative estimate of drug-likeness (QED) is 0.773. The molecule has 3 aliphatic rings. The molecule has 3 fully saturated rings. The zero-order valence-corrected chi connectivity index (χ0v) is 15.4. The number of carbonyl (C=O) groups excluding carboxylic acids is 1. The molecular weight excluding hydrogens is 338 g/mol. The average molecular weight is 361 g/mol. The number of furan rings is 1. The molecule has 0 aliphatic carbocycles. The summed E-state index contributed by atoms with van der Waals surface area (Å²) in [4.78, 5) is 19.7. The van der Waals surface area contributed by atoms with E-state index in [1.165, 1.54) is 12.8 Å². The predicted octanol–water partition coefficient (Wildman–Crippen LogP) is 3.71. The van der Waals surface area contributed by atoms with Gasteiger partial charge in [-0.25, -0.2) is 0 Å². The van der Waals surface area contributed by atoms with Crippen molar-refractivity contribution in [2.75, 3.05) is 13.1 Å². The Hall–Kier alpha value is -2.66. The van der Waals surface area contributed by atoms with Crippen LogP contribution in [0.4, 0.5) is 0 Å². The van der Waals surface area contributed by atoms with Gasteiger partial charge in [-0.1, -0.05) is 18.2 Å². The van der Waals surface area contributed by atoms with Crippen LogP contribution in [0, 0.1) is 5.92 Å². The van der Waals surface area contributed by atoms with Crippen molar-refractivity contribution in [3.8, 4) is 11.3 Å². The van der Waals surface area contributed by atoms with Gasteiger partial charge in [0.1, 0.15) is 5.76 Å². The minimum Gasteiger partial charge on any atom is -0.451 e. The molecule has 1 N–H and O–H groups in total. The van der Waals surface area contributed by atoms with E-state index in [-0.39, 0.29) is 11.9 Å². The summed E-state index contributed by atoms with van der Waals surface area (Å²) in [6, 6.07) is 14.2. The van der Waals surface area contributed by atoms with E-state index in [2.05, 4.69) is 22.1 Å². The number of nitrogens with one attached hydrogen (secondary N) is 1. The van der Waals surface area contributed by atoms with E-state index in [9.17, 15) is 4.79 Å². The van der Waals surface area contributed by atoms with Gasteiger partial charge in [0.05, 0.1) is 5.52 Å². The molecule has 3 saturated heterocycles. The van der Waals surface area contributed by atoms with Crippen molar-refractivity contribution >= 4 is 16.8 Å². The highest BCUT2D eigenvalue weighted by atomic mass is 16.3. The molecule has 27 heavy (non-hydrogen) atoms. The molecule has 3 aromatic rings. The zero-order chi connectivity index (χ0) is 18.4. The van der Waals surface area contributed by atoms with E-state index in [1.807, 2.05) is 36.4 Å². The predicted molar refractivity (Wildman–Crippen MR) is 104 cm³/mol. The normalized spacial score (nSPS) is 27.0. The maximum atomic E-state index is 12.8. The van der Waals surface area contributed by atoms with Crippen LogP contribution in [0.5, 0.6) is 0 Å². The Morgan fingerprint density at radius 3 is 2.81 bits per heavy atom. The third-order valence-electron chi connectivity index (χ3n) is 6.18. The SMILES string of the molecule is CC1C(NC(=O)c2ccc(-c3cnc4ccccc4c3)o2)C2CCN1CC2. The van der Waals surface area contributed by atoms with Gasteiger partial charge in [0.15, 0.2) is 5.76 Å². The number of hydrogen-bond donors (Lipinski definition) is 1. The van der Waals surface area contributed by atoms with Gasteiger partial charge in [-0.15, -0.1) is 0 Å². The number of rotatable bonds is 3. The molecule has 2 unspecified atom stereocenters. The van der Waals surface area contributed by atoms with Crippen LogP contribution in [0.2, 0.25) is 0 Å². The Kier molecular flexibility index (Phi) is 3.97. The number of nitrogens with zero attached hydrogens (tertiary/aromatic N) is 2. The van der Waals surface area contributed by atoms with Crippen molar-refractivity contribution < 1.29 is 9.21 Å². The van der Waals surface area contributed by atoms with Gasteiger partial charge < -0.3 is 9.73 Å². The maximum absolute atomic E-state index is 12.8. The fraction of sp³-hybridized carbons (Fsp3) is 0.364. The standard InChI is InChI=1S/C22H23N3O2/c1-14-21(15-8-10-25(14)11-9-15)24-22(26)20-7-6-19(27-20)17-12-16-4-2-3-5-18(16)23-13-17/h2-7,12-15,21H,8-11H2,1H3,(H,24,26). The lowest BCUT2D eigenvalue weighted by atomic mass is 9.79. The Morgan fingerprint density at radius 2 is 2.00 bits per heavy atom. The molecule has 2 atom stereocenters. The number of benzene rings is 1. The van der Waals surface area contributed by atoms with Crippen LogP contribution in [0.3, 0.4) is 0 Å². The minimum absolute atomic E-state index is 0.124. The summed E-state index contributed by atoms with van der Waals surface area (Å²) < 4.78 is 5.87. The first-order valence-electron chi connectivity index (χ1n) is 9.69. The van der Waals surface area contributed by atoms with Crippen molar-refractivity contribution in [3.05, 3.63) is 54.4 Å². The lowest BCUT2D eigenvalue weighted by molar-refractivity contribution is 0.0211.